The molecule has 0 radical (unpaired) electrons. The van der Waals surface area contributed by atoms with E-state index in [9.17, 15) is 0 Å². The van der Waals surface area contributed by atoms with Crippen LogP contribution in [0.3, 0.4) is 0 Å². The van der Waals surface area contributed by atoms with E-state index < -0.39 is 0 Å². The van der Waals surface area contributed by atoms with Crippen molar-refractivity contribution < 1.29 is 0 Å². The smallest absolute Gasteiger partial charge is 0.203 e. The molecule has 1 aromatic rings. The maximum absolute atomic E-state index is 4.51. The lowest BCUT2D eigenvalue weighted by molar-refractivity contribution is 0.338. The number of aryl methyl sites for hydroxylation is 1. The molecular formula is C12H24N4. The van der Waals surface area contributed by atoms with E-state index in [1.165, 1.54) is 0 Å². The highest BCUT2D eigenvalue weighted by atomic mass is 15.2. The average Bonchev–Trinajstić information content (AvgIpc) is 2.55. The number of hydrogen-bond acceptors (Lipinski definition) is 3. The van der Waals surface area contributed by atoms with E-state index >= 15 is 0 Å². The second-order valence-corrected chi connectivity index (χ2v) is 4.65. The fourth-order valence-corrected chi connectivity index (χ4v) is 1.84. The second kappa shape index (κ2) is 5.89. The van der Waals surface area contributed by atoms with E-state index in [0.717, 1.165) is 31.2 Å². The lowest BCUT2D eigenvalue weighted by atomic mass is 10.3. The van der Waals surface area contributed by atoms with Gasteiger partial charge in [0.1, 0.15) is 0 Å². The molecule has 0 amide bonds. The van der Waals surface area contributed by atoms with Gasteiger partial charge in [-0.1, -0.05) is 6.92 Å². The van der Waals surface area contributed by atoms with Crippen LogP contribution in [0.4, 0.5) is 5.95 Å². The molecule has 1 aromatic heterocycles. The molecule has 0 saturated carbocycles. The van der Waals surface area contributed by atoms with Gasteiger partial charge in [0, 0.05) is 25.3 Å². The largest absolute Gasteiger partial charge is 0.356 e. The van der Waals surface area contributed by atoms with Gasteiger partial charge in [0.05, 0.1) is 5.69 Å². The minimum Gasteiger partial charge on any atom is -0.356 e. The van der Waals surface area contributed by atoms with Crippen LogP contribution in [0.25, 0.3) is 0 Å². The van der Waals surface area contributed by atoms with Gasteiger partial charge in [0.2, 0.25) is 5.95 Å². The Morgan fingerprint density at radius 1 is 1.50 bits per heavy atom. The number of nitrogens with zero attached hydrogens (tertiary/aromatic N) is 3. The first-order valence-electron chi connectivity index (χ1n) is 5.98. The van der Waals surface area contributed by atoms with Crippen molar-refractivity contribution in [2.24, 2.45) is 0 Å². The van der Waals surface area contributed by atoms with E-state index in [0.29, 0.717) is 6.04 Å². The predicted octanol–water partition coefficient (Wildman–Crippen LogP) is 2.14. The molecule has 0 aliphatic rings. The monoisotopic (exact) mass is 224 g/mol. The third kappa shape index (κ3) is 3.52. The van der Waals surface area contributed by atoms with E-state index in [-0.39, 0.29) is 0 Å². The molecular weight excluding hydrogens is 200 g/mol. The lowest BCUT2D eigenvalue weighted by Crippen LogP contribution is -2.23. The number of aromatic nitrogens is 2. The van der Waals surface area contributed by atoms with Crippen molar-refractivity contribution in [3.63, 3.8) is 0 Å². The van der Waals surface area contributed by atoms with Crippen molar-refractivity contribution in [2.75, 3.05) is 32.5 Å². The summed E-state index contributed by atoms with van der Waals surface area (Å²) in [6.45, 7) is 8.42. The summed E-state index contributed by atoms with van der Waals surface area (Å²) in [6, 6.07) is 0.440. The zero-order valence-electron chi connectivity index (χ0n) is 11.1. The first-order chi connectivity index (χ1) is 7.54. The molecule has 92 valence electrons. The van der Waals surface area contributed by atoms with Gasteiger partial charge < -0.3 is 14.8 Å². The SMILES string of the molecule is CCCNc1nc(C)cn1C(C)CN(C)C. The standard InChI is InChI=1S/C12H24N4/c1-6-7-13-12-14-10(2)8-16(12)11(3)9-15(4)5/h8,11H,6-7,9H2,1-5H3,(H,13,14). The fourth-order valence-electron chi connectivity index (χ4n) is 1.84. The summed E-state index contributed by atoms with van der Waals surface area (Å²) in [5.41, 5.74) is 1.07. The van der Waals surface area contributed by atoms with Crippen LogP contribution in [0.15, 0.2) is 6.20 Å². The summed E-state index contributed by atoms with van der Waals surface area (Å²) in [4.78, 5) is 6.71. The van der Waals surface area contributed by atoms with Crippen LogP contribution < -0.4 is 5.32 Å². The molecule has 0 aliphatic heterocycles. The first-order valence-corrected chi connectivity index (χ1v) is 5.98. The number of anilines is 1. The van der Waals surface area contributed by atoms with Crippen LogP contribution in [-0.4, -0.2) is 41.6 Å². The van der Waals surface area contributed by atoms with E-state index in [4.69, 9.17) is 0 Å². The Bertz CT molecular complexity index is 317. The highest BCUT2D eigenvalue weighted by Crippen LogP contribution is 2.16. The van der Waals surface area contributed by atoms with Gasteiger partial charge >= 0.3 is 0 Å². The molecule has 0 bridgehead atoms. The van der Waals surface area contributed by atoms with Crippen molar-refractivity contribution in [3.8, 4) is 0 Å². The molecule has 1 rings (SSSR count). The van der Waals surface area contributed by atoms with Gasteiger partial charge in [0.25, 0.3) is 0 Å². The number of nitrogens with one attached hydrogen (secondary N) is 1. The van der Waals surface area contributed by atoms with Crippen molar-refractivity contribution in [1.82, 2.24) is 14.5 Å². The van der Waals surface area contributed by atoms with Gasteiger partial charge in [-0.3, -0.25) is 0 Å². The minimum atomic E-state index is 0.440. The van der Waals surface area contributed by atoms with Gasteiger partial charge in [-0.05, 0) is 34.4 Å². The summed E-state index contributed by atoms with van der Waals surface area (Å²) in [5, 5.41) is 3.37. The molecule has 4 heteroatoms. The van der Waals surface area contributed by atoms with Crippen molar-refractivity contribution in [3.05, 3.63) is 11.9 Å². The summed E-state index contributed by atoms with van der Waals surface area (Å²) in [7, 11) is 4.19. The Morgan fingerprint density at radius 3 is 2.75 bits per heavy atom. The summed E-state index contributed by atoms with van der Waals surface area (Å²) < 4.78 is 2.23. The molecule has 4 nitrogen and oxygen atoms in total. The summed E-state index contributed by atoms with van der Waals surface area (Å²) in [5.74, 6) is 0.994. The quantitative estimate of drug-likeness (QED) is 0.803. The third-order valence-electron chi connectivity index (χ3n) is 2.49. The Kier molecular flexibility index (Phi) is 4.80. The average molecular weight is 224 g/mol. The highest BCUT2D eigenvalue weighted by molar-refractivity contribution is 5.29. The maximum atomic E-state index is 4.51. The minimum absolute atomic E-state index is 0.440. The first kappa shape index (κ1) is 13.0. The van der Waals surface area contributed by atoms with Crippen molar-refractivity contribution in [2.45, 2.75) is 33.2 Å². The molecule has 0 fully saturated rings. The van der Waals surface area contributed by atoms with Crippen LogP contribution in [0.2, 0.25) is 0 Å². The second-order valence-electron chi connectivity index (χ2n) is 4.65. The molecule has 1 N–H and O–H groups in total. The number of rotatable bonds is 6. The van der Waals surface area contributed by atoms with Gasteiger partial charge in [-0.2, -0.15) is 0 Å². The van der Waals surface area contributed by atoms with Gasteiger partial charge in [-0.25, -0.2) is 4.98 Å². The van der Waals surface area contributed by atoms with E-state index in [1.807, 2.05) is 6.92 Å². The zero-order chi connectivity index (χ0) is 12.1. The van der Waals surface area contributed by atoms with E-state index in [1.54, 1.807) is 0 Å². The topological polar surface area (TPSA) is 33.1 Å². The van der Waals surface area contributed by atoms with Crippen LogP contribution in [-0.2, 0) is 0 Å². The van der Waals surface area contributed by atoms with Crippen molar-refractivity contribution in [1.29, 1.82) is 0 Å². The van der Waals surface area contributed by atoms with Crippen LogP contribution in [0, 0.1) is 6.92 Å². The molecule has 1 heterocycles. The third-order valence-corrected chi connectivity index (χ3v) is 2.49. The number of hydrogen-bond donors (Lipinski definition) is 1. The van der Waals surface area contributed by atoms with Gasteiger partial charge in [0.15, 0.2) is 0 Å². The molecule has 0 saturated heterocycles. The molecule has 1 unspecified atom stereocenters. The highest BCUT2D eigenvalue weighted by Gasteiger charge is 2.11. The Morgan fingerprint density at radius 2 is 2.19 bits per heavy atom. The van der Waals surface area contributed by atoms with E-state index in [2.05, 4.69) is 53.9 Å². The fraction of sp³-hybridized carbons (Fsp3) is 0.750. The lowest BCUT2D eigenvalue weighted by Gasteiger charge is -2.20. The molecule has 0 spiro atoms. The Labute approximate surface area is 98.7 Å². The van der Waals surface area contributed by atoms with Crippen LogP contribution in [0.5, 0.6) is 0 Å². The Balaban J connectivity index is 2.76. The van der Waals surface area contributed by atoms with Crippen molar-refractivity contribution >= 4 is 5.95 Å². The summed E-state index contributed by atoms with van der Waals surface area (Å²) in [6.07, 6.45) is 3.24. The van der Waals surface area contributed by atoms with Gasteiger partial charge in [-0.15, -0.1) is 0 Å². The number of likely N-dealkylation sites (N-methyl/N-ethyl adjacent to an activating group) is 1. The molecule has 0 aromatic carbocycles. The van der Waals surface area contributed by atoms with Crippen LogP contribution >= 0.6 is 0 Å². The summed E-state index contributed by atoms with van der Waals surface area (Å²) >= 11 is 0. The molecule has 1 atom stereocenters. The normalized spacial score (nSPS) is 13.1. The molecule has 16 heavy (non-hydrogen) atoms. The maximum Gasteiger partial charge on any atom is 0.203 e. The number of imidazole rings is 1. The van der Waals surface area contributed by atoms with Crippen LogP contribution in [0.1, 0.15) is 32.0 Å². The zero-order valence-corrected chi connectivity index (χ0v) is 11.1. The Hall–Kier alpha value is -1.03. The molecule has 0 aliphatic carbocycles. The predicted molar refractivity (Wildman–Crippen MR) is 69.0 cm³/mol.